The first kappa shape index (κ1) is 11.8. The van der Waals surface area contributed by atoms with Gasteiger partial charge in [0.05, 0.1) is 6.20 Å². The smallest absolute Gasteiger partial charge is 0.339 e. The molecule has 1 aromatic heterocycles. The Morgan fingerprint density at radius 2 is 2.47 bits per heavy atom. The number of halogens is 1. The molecule has 2 N–H and O–H groups in total. The molecule has 1 aliphatic rings. The van der Waals surface area contributed by atoms with Crippen LogP contribution in [0.25, 0.3) is 0 Å². The molecule has 0 radical (unpaired) electrons. The second-order valence-electron chi connectivity index (χ2n) is 4.39. The van der Waals surface area contributed by atoms with Crippen LogP contribution in [0.2, 0.25) is 0 Å². The molecule has 1 heterocycles. The molecule has 1 aromatic rings. The van der Waals surface area contributed by atoms with E-state index in [0.29, 0.717) is 5.92 Å². The number of hydrogen-bond acceptors (Lipinski definition) is 3. The zero-order valence-electron chi connectivity index (χ0n) is 9.61. The molecule has 0 amide bonds. The summed E-state index contributed by atoms with van der Waals surface area (Å²) in [7, 11) is 0. The highest BCUT2D eigenvalue weighted by Gasteiger charge is 2.36. The van der Waals surface area contributed by atoms with Crippen LogP contribution in [0.1, 0.15) is 36.5 Å². The normalized spacial score (nSPS) is 22.2. The van der Waals surface area contributed by atoms with Gasteiger partial charge in [0.2, 0.25) is 0 Å². The third kappa shape index (κ3) is 2.72. The van der Waals surface area contributed by atoms with Gasteiger partial charge in [-0.1, -0.05) is 13.3 Å². The molecule has 0 aromatic carbocycles. The Morgan fingerprint density at radius 1 is 1.71 bits per heavy atom. The van der Waals surface area contributed by atoms with E-state index in [4.69, 9.17) is 5.11 Å². The average Bonchev–Trinajstić information content (AvgIpc) is 2.99. The number of carboxylic acid groups (broad SMARTS) is 1. The number of aromatic nitrogens is 1. The van der Waals surface area contributed by atoms with E-state index in [0.717, 1.165) is 31.5 Å². The van der Waals surface area contributed by atoms with Crippen molar-refractivity contribution in [2.75, 3.05) is 5.32 Å². The minimum absolute atomic E-state index is 0.104. The summed E-state index contributed by atoms with van der Waals surface area (Å²) in [6, 6.07) is 1.28. The zero-order chi connectivity index (χ0) is 12.4. The van der Waals surface area contributed by atoms with Gasteiger partial charge in [-0.2, -0.15) is 0 Å². The van der Waals surface area contributed by atoms with E-state index in [2.05, 4.69) is 17.2 Å². The molecule has 2 unspecified atom stereocenters. The van der Waals surface area contributed by atoms with E-state index in [1.54, 1.807) is 0 Å². The Kier molecular flexibility index (Phi) is 3.26. The fourth-order valence-corrected chi connectivity index (χ4v) is 2.01. The number of rotatable bonds is 5. The summed E-state index contributed by atoms with van der Waals surface area (Å²) in [6.07, 6.45) is 4.31. The lowest BCUT2D eigenvalue weighted by molar-refractivity contribution is 0.0697. The second-order valence-corrected chi connectivity index (χ2v) is 4.39. The molecule has 0 saturated heterocycles. The predicted octanol–water partition coefficient (Wildman–Crippen LogP) is 2.52. The summed E-state index contributed by atoms with van der Waals surface area (Å²) in [5.41, 5.74) is -0.104. The van der Waals surface area contributed by atoms with Crippen molar-refractivity contribution in [1.82, 2.24) is 4.98 Å². The van der Waals surface area contributed by atoms with Crippen LogP contribution in [0.5, 0.6) is 0 Å². The van der Waals surface area contributed by atoms with E-state index >= 15 is 0 Å². The third-order valence-electron chi connectivity index (χ3n) is 2.99. The molecule has 17 heavy (non-hydrogen) atoms. The van der Waals surface area contributed by atoms with Crippen molar-refractivity contribution in [3.05, 3.63) is 23.6 Å². The lowest BCUT2D eigenvalue weighted by Crippen LogP contribution is -2.12. The van der Waals surface area contributed by atoms with Gasteiger partial charge in [-0.05, 0) is 24.8 Å². The van der Waals surface area contributed by atoms with Crippen LogP contribution >= 0.6 is 0 Å². The predicted molar refractivity (Wildman–Crippen MR) is 61.6 cm³/mol. The maximum Gasteiger partial charge on any atom is 0.339 e. The fraction of sp³-hybridized carbons (Fsp3) is 0.500. The Hall–Kier alpha value is -1.65. The van der Waals surface area contributed by atoms with Crippen LogP contribution < -0.4 is 5.32 Å². The van der Waals surface area contributed by atoms with Gasteiger partial charge in [0.15, 0.2) is 0 Å². The molecular weight excluding hydrogens is 223 g/mol. The van der Waals surface area contributed by atoms with Crippen LogP contribution in [0.15, 0.2) is 12.3 Å². The molecule has 4 nitrogen and oxygen atoms in total. The summed E-state index contributed by atoms with van der Waals surface area (Å²) >= 11 is 0. The molecule has 5 heteroatoms. The van der Waals surface area contributed by atoms with Crippen molar-refractivity contribution < 1.29 is 14.3 Å². The summed E-state index contributed by atoms with van der Waals surface area (Å²) in [4.78, 5) is 14.7. The van der Waals surface area contributed by atoms with Crippen molar-refractivity contribution >= 4 is 11.8 Å². The largest absolute Gasteiger partial charge is 0.478 e. The topological polar surface area (TPSA) is 62.2 Å². The van der Waals surface area contributed by atoms with Crippen molar-refractivity contribution in [1.29, 1.82) is 0 Å². The van der Waals surface area contributed by atoms with Crippen molar-refractivity contribution in [3.8, 4) is 0 Å². The molecule has 0 spiro atoms. The van der Waals surface area contributed by atoms with Gasteiger partial charge >= 0.3 is 5.97 Å². The Morgan fingerprint density at radius 3 is 3.12 bits per heavy atom. The number of hydrogen-bond donors (Lipinski definition) is 2. The summed E-state index contributed by atoms with van der Waals surface area (Å²) in [5.74, 6) is -0.933. The van der Waals surface area contributed by atoms with E-state index in [-0.39, 0.29) is 17.4 Å². The van der Waals surface area contributed by atoms with Crippen LogP contribution in [0.3, 0.4) is 0 Å². The first-order valence-electron chi connectivity index (χ1n) is 5.77. The lowest BCUT2D eigenvalue weighted by Gasteiger charge is -2.07. The van der Waals surface area contributed by atoms with E-state index in [9.17, 15) is 9.18 Å². The molecule has 2 atom stereocenters. The Bertz CT molecular complexity index is 437. The van der Waals surface area contributed by atoms with E-state index < -0.39 is 11.8 Å². The zero-order valence-corrected chi connectivity index (χ0v) is 9.61. The molecule has 0 bridgehead atoms. The highest BCUT2D eigenvalue weighted by atomic mass is 19.1. The maximum atomic E-state index is 12.9. The number of nitrogens with zero attached hydrogens (tertiary/aromatic N) is 1. The highest BCUT2D eigenvalue weighted by molar-refractivity contribution is 5.93. The molecule has 1 fully saturated rings. The van der Waals surface area contributed by atoms with Crippen LogP contribution in [0.4, 0.5) is 10.2 Å². The van der Waals surface area contributed by atoms with Crippen LogP contribution in [0, 0.1) is 11.7 Å². The molecule has 1 aliphatic carbocycles. The average molecular weight is 238 g/mol. The monoisotopic (exact) mass is 238 g/mol. The Labute approximate surface area is 98.9 Å². The number of carbonyl (C=O) groups is 1. The standard InChI is InChI=1S/C12H15FN2O2/c1-2-3-7-4-10(7)15-11-9(12(16)17)5-8(13)6-14-11/h5-7,10H,2-4H2,1H3,(H,14,15)(H,16,17). The fourth-order valence-electron chi connectivity index (χ4n) is 2.01. The van der Waals surface area contributed by atoms with E-state index in [1.165, 1.54) is 0 Å². The number of anilines is 1. The van der Waals surface area contributed by atoms with Crippen molar-refractivity contribution in [3.63, 3.8) is 0 Å². The van der Waals surface area contributed by atoms with Gasteiger partial charge in [-0.3, -0.25) is 0 Å². The van der Waals surface area contributed by atoms with Gasteiger partial charge in [-0.15, -0.1) is 0 Å². The molecular formula is C12H15FN2O2. The molecule has 2 rings (SSSR count). The maximum absolute atomic E-state index is 12.9. The van der Waals surface area contributed by atoms with Gasteiger partial charge in [0.1, 0.15) is 17.2 Å². The quantitative estimate of drug-likeness (QED) is 0.827. The van der Waals surface area contributed by atoms with Crippen molar-refractivity contribution in [2.24, 2.45) is 5.92 Å². The van der Waals surface area contributed by atoms with Gasteiger partial charge in [0.25, 0.3) is 0 Å². The lowest BCUT2D eigenvalue weighted by atomic mass is 10.2. The van der Waals surface area contributed by atoms with Gasteiger partial charge in [0, 0.05) is 6.04 Å². The summed E-state index contributed by atoms with van der Waals surface area (Å²) < 4.78 is 12.9. The minimum atomic E-state index is -1.16. The first-order chi connectivity index (χ1) is 8.11. The van der Waals surface area contributed by atoms with Crippen LogP contribution in [-0.2, 0) is 0 Å². The van der Waals surface area contributed by atoms with Gasteiger partial charge < -0.3 is 10.4 Å². The SMILES string of the molecule is CCCC1CC1Nc1ncc(F)cc1C(=O)O. The minimum Gasteiger partial charge on any atom is -0.478 e. The third-order valence-corrected chi connectivity index (χ3v) is 2.99. The summed E-state index contributed by atoms with van der Waals surface area (Å²) in [5, 5.41) is 12.0. The summed E-state index contributed by atoms with van der Waals surface area (Å²) in [6.45, 7) is 2.12. The Balaban J connectivity index is 2.08. The number of nitrogens with one attached hydrogen (secondary N) is 1. The van der Waals surface area contributed by atoms with Crippen LogP contribution in [-0.4, -0.2) is 22.1 Å². The number of aromatic carboxylic acids is 1. The van der Waals surface area contributed by atoms with Gasteiger partial charge in [-0.25, -0.2) is 14.2 Å². The molecule has 1 saturated carbocycles. The molecule has 0 aliphatic heterocycles. The van der Waals surface area contributed by atoms with E-state index in [1.807, 2.05) is 0 Å². The highest BCUT2D eigenvalue weighted by Crippen LogP contribution is 2.37. The molecule has 92 valence electrons. The number of pyridine rings is 1. The first-order valence-corrected chi connectivity index (χ1v) is 5.77. The second kappa shape index (κ2) is 4.69. The number of carboxylic acids is 1. The van der Waals surface area contributed by atoms with Crippen molar-refractivity contribution in [2.45, 2.75) is 32.2 Å².